The third-order valence-electron chi connectivity index (χ3n) is 6.36. The molecule has 0 aliphatic carbocycles. The number of carboxylic acid groups (broad SMARTS) is 1. The summed E-state index contributed by atoms with van der Waals surface area (Å²) < 4.78 is 41.3. The van der Waals surface area contributed by atoms with Crippen LogP contribution in [0.4, 0.5) is 13.2 Å². The Labute approximate surface area is 218 Å². The Morgan fingerprint density at radius 1 is 0.895 bits per heavy atom. The Bertz CT molecular complexity index is 1450. The number of aromatic nitrogens is 3. The van der Waals surface area contributed by atoms with Crippen molar-refractivity contribution in [1.82, 2.24) is 14.3 Å². The fourth-order valence-corrected chi connectivity index (χ4v) is 4.41. The van der Waals surface area contributed by atoms with Crippen LogP contribution in [0.25, 0.3) is 11.1 Å². The first-order chi connectivity index (χ1) is 18.1. The summed E-state index contributed by atoms with van der Waals surface area (Å²) in [5.74, 6) is -0.216. The van der Waals surface area contributed by atoms with Gasteiger partial charge in [-0.05, 0) is 59.7 Å². The number of alkyl halides is 3. The molecular formula is C29H28F3N3O3. The van der Waals surface area contributed by atoms with Crippen molar-refractivity contribution >= 4 is 5.97 Å². The number of aryl methyl sites for hydroxylation is 2. The van der Waals surface area contributed by atoms with Gasteiger partial charge in [0.05, 0.1) is 18.5 Å². The lowest BCUT2D eigenvalue weighted by Gasteiger charge is -2.07. The van der Waals surface area contributed by atoms with E-state index in [-0.39, 0.29) is 18.7 Å². The predicted molar refractivity (Wildman–Crippen MR) is 138 cm³/mol. The van der Waals surface area contributed by atoms with E-state index in [9.17, 15) is 22.8 Å². The second kappa shape index (κ2) is 11.5. The van der Waals surface area contributed by atoms with Crippen LogP contribution >= 0.6 is 0 Å². The minimum absolute atomic E-state index is 0.0190. The monoisotopic (exact) mass is 523 g/mol. The van der Waals surface area contributed by atoms with Gasteiger partial charge < -0.3 is 5.11 Å². The molecule has 0 saturated heterocycles. The molecule has 3 aromatic carbocycles. The molecular weight excluding hydrogens is 495 g/mol. The molecule has 0 unspecified atom stereocenters. The molecule has 0 saturated carbocycles. The van der Waals surface area contributed by atoms with Gasteiger partial charge in [-0.25, -0.2) is 9.48 Å². The maximum atomic E-state index is 12.8. The average Bonchev–Trinajstić information content (AvgIpc) is 3.17. The number of carboxylic acids is 1. The van der Waals surface area contributed by atoms with E-state index >= 15 is 0 Å². The number of hydrogen-bond acceptors (Lipinski definition) is 3. The molecule has 1 N–H and O–H groups in total. The second-order valence-corrected chi connectivity index (χ2v) is 9.12. The molecule has 0 bridgehead atoms. The molecule has 198 valence electrons. The Kier molecular flexibility index (Phi) is 8.14. The van der Waals surface area contributed by atoms with Crippen LogP contribution in [0.15, 0.2) is 77.6 Å². The number of hydrogen-bond donors (Lipinski definition) is 1. The summed E-state index contributed by atoms with van der Waals surface area (Å²) in [6.45, 7) is 2.42. The summed E-state index contributed by atoms with van der Waals surface area (Å²) in [5, 5.41) is 13.5. The van der Waals surface area contributed by atoms with Gasteiger partial charge in [0.2, 0.25) is 0 Å². The molecule has 0 amide bonds. The van der Waals surface area contributed by atoms with Crippen LogP contribution < -0.4 is 5.69 Å². The number of benzene rings is 3. The van der Waals surface area contributed by atoms with E-state index in [2.05, 4.69) is 5.10 Å². The molecule has 0 spiro atoms. The lowest BCUT2D eigenvalue weighted by molar-refractivity contribution is -0.138. The van der Waals surface area contributed by atoms with E-state index in [1.165, 1.54) is 16.8 Å². The lowest BCUT2D eigenvalue weighted by atomic mass is 9.99. The highest BCUT2D eigenvalue weighted by molar-refractivity contribution is 5.72. The lowest BCUT2D eigenvalue weighted by Crippen LogP contribution is -2.25. The zero-order valence-corrected chi connectivity index (χ0v) is 20.9. The molecule has 1 heterocycles. The summed E-state index contributed by atoms with van der Waals surface area (Å²) in [4.78, 5) is 23.8. The number of carbonyl (C=O) groups is 1. The minimum Gasteiger partial charge on any atom is -0.481 e. The Morgan fingerprint density at radius 3 is 2.21 bits per heavy atom. The summed E-state index contributed by atoms with van der Waals surface area (Å²) in [5.41, 5.74) is 3.40. The van der Waals surface area contributed by atoms with Crippen molar-refractivity contribution in [3.05, 3.63) is 111 Å². The summed E-state index contributed by atoms with van der Waals surface area (Å²) in [7, 11) is 0. The highest BCUT2D eigenvalue weighted by Gasteiger charge is 2.30. The van der Waals surface area contributed by atoms with Crippen LogP contribution in [0, 0.1) is 0 Å². The van der Waals surface area contributed by atoms with Gasteiger partial charge in [-0.1, -0.05) is 60.7 Å². The summed E-state index contributed by atoms with van der Waals surface area (Å²) in [6, 6.07) is 20.3. The molecule has 0 atom stereocenters. The van der Waals surface area contributed by atoms with Crippen molar-refractivity contribution < 1.29 is 23.1 Å². The highest BCUT2D eigenvalue weighted by atomic mass is 19.4. The molecule has 0 aliphatic rings. The predicted octanol–water partition coefficient (Wildman–Crippen LogP) is 5.60. The molecule has 4 rings (SSSR count). The molecule has 6 nitrogen and oxygen atoms in total. The molecule has 9 heteroatoms. The van der Waals surface area contributed by atoms with Crippen LogP contribution in [0.2, 0.25) is 0 Å². The van der Waals surface area contributed by atoms with Crippen LogP contribution in [-0.4, -0.2) is 25.4 Å². The van der Waals surface area contributed by atoms with E-state index in [1.54, 1.807) is 10.6 Å². The van der Waals surface area contributed by atoms with Crippen molar-refractivity contribution in [2.75, 3.05) is 0 Å². The minimum atomic E-state index is -4.40. The van der Waals surface area contributed by atoms with Crippen LogP contribution in [0.5, 0.6) is 0 Å². The molecule has 0 aliphatic heterocycles. The quantitative estimate of drug-likeness (QED) is 0.294. The topological polar surface area (TPSA) is 77.1 Å². The zero-order chi connectivity index (χ0) is 27.3. The average molecular weight is 524 g/mol. The number of rotatable bonds is 10. The third-order valence-corrected chi connectivity index (χ3v) is 6.36. The van der Waals surface area contributed by atoms with Gasteiger partial charge in [-0.3, -0.25) is 9.36 Å². The summed E-state index contributed by atoms with van der Waals surface area (Å²) in [6.07, 6.45) is -2.29. The van der Waals surface area contributed by atoms with E-state index in [4.69, 9.17) is 5.11 Å². The molecule has 1 aromatic heterocycles. The second-order valence-electron chi connectivity index (χ2n) is 9.12. The van der Waals surface area contributed by atoms with Crippen LogP contribution in [-0.2, 0) is 43.3 Å². The van der Waals surface area contributed by atoms with Gasteiger partial charge in [0.15, 0.2) is 0 Å². The number of halogens is 3. The fourth-order valence-electron chi connectivity index (χ4n) is 4.41. The Balaban J connectivity index is 1.38. The fraction of sp³-hybridized carbons (Fsp3) is 0.276. The van der Waals surface area contributed by atoms with Crippen molar-refractivity contribution in [1.29, 1.82) is 0 Å². The molecule has 0 fully saturated rings. The SMILES string of the molecule is CCn1c(CCCc2ccc(-c3cccc(CC(=O)O)c3)cc2)nn(Cc2ccc(C(F)(F)F)cc2)c1=O. The van der Waals surface area contributed by atoms with Crippen molar-refractivity contribution in [2.24, 2.45) is 0 Å². The Hall–Kier alpha value is -4.14. The molecule has 0 radical (unpaired) electrons. The van der Waals surface area contributed by atoms with E-state index < -0.39 is 17.7 Å². The summed E-state index contributed by atoms with van der Waals surface area (Å²) >= 11 is 0. The largest absolute Gasteiger partial charge is 0.481 e. The van der Waals surface area contributed by atoms with Crippen molar-refractivity contribution in [2.45, 2.75) is 51.9 Å². The highest BCUT2D eigenvalue weighted by Crippen LogP contribution is 2.29. The van der Waals surface area contributed by atoms with Gasteiger partial charge in [0, 0.05) is 13.0 Å². The first-order valence-corrected chi connectivity index (χ1v) is 12.4. The van der Waals surface area contributed by atoms with Gasteiger partial charge in [-0.2, -0.15) is 18.3 Å². The van der Waals surface area contributed by atoms with E-state index in [0.29, 0.717) is 24.4 Å². The van der Waals surface area contributed by atoms with E-state index in [1.807, 2.05) is 49.4 Å². The number of nitrogens with zero attached hydrogens (tertiary/aromatic N) is 3. The number of aliphatic carboxylic acids is 1. The maximum absolute atomic E-state index is 12.8. The zero-order valence-electron chi connectivity index (χ0n) is 20.9. The van der Waals surface area contributed by atoms with E-state index in [0.717, 1.165) is 47.2 Å². The smallest absolute Gasteiger partial charge is 0.416 e. The molecule has 38 heavy (non-hydrogen) atoms. The van der Waals surface area contributed by atoms with Crippen molar-refractivity contribution in [3.8, 4) is 11.1 Å². The normalized spacial score (nSPS) is 11.6. The maximum Gasteiger partial charge on any atom is 0.416 e. The van der Waals surface area contributed by atoms with Crippen LogP contribution in [0.1, 0.15) is 41.4 Å². The molecule has 4 aromatic rings. The first-order valence-electron chi connectivity index (χ1n) is 12.4. The first kappa shape index (κ1) is 26.9. The van der Waals surface area contributed by atoms with Gasteiger partial charge in [0.1, 0.15) is 5.82 Å². The van der Waals surface area contributed by atoms with Crippen molar-refractivity contribution in [3.63, 3.8) is 0 Å². The van der Waals surface area contributed by atoms with Crippen LogP contribution in [0.3, 0.4) is 0 Å². The standard InChI is InChI=1S/C29H28F3N3O3/c1-2-34-26(33-35(28(34)38)19-21-11-15-25(16-12-21)29(30,31)32)8-4-5-20-9-13-23(14-10-20)24-7-3-6-22(17-24)18-27(36)37/h3,6-7,9-17H,2,4-5,8,18-19H2,1H3,(H,36,37). The van der Waals surface area contributed by atoms with Gasteiger partial charge in [0.25, 0.3) is 0 Å². The van der Waals surface area contributed by atoms with Gasteiger partial charge in [-0.15, -0.1) is 0 Å². The Morgan fingerprint density at radius 2 is 1.58 bits per heavy atom. The third kappa shape index (κ3) is 6.59. The van der Waals surface area contributed by atoms with Gasteiger partial charge >= 0.3 is 17.8 Å².